The SMILES string of the molecule is Cc1cc(OCC(=O)OCC(=O)N2CCCC(c3nc4ccccc4s3)C2)ccc1Cl. The minimum Gasteiger partial charge on any atom is -0.482 e. The molecule has 0 radical (unpaired) electrons. The summed E-state index contributed by atoms with van der Waals surface area (Å²) >= 11 is 7.66. The normalized spacial score (nSPS) is 16.3. The molecule has 0 bridgehead atoms. The fraction of sp³-hybridized carbons (Fsp3) is 0.348. The third kappa shape index (κ3) is 5.35. The van der Waals surface area contributed by atoms with Crippen molar-refractivity contribution in [3.63, 3.8) is 0 Å². The second-order valence-electron chi connectivity index (χ2n) is 7.56. The van der Waals surface area contributed by atoms with Gasteiger partial charge in [-0.15, -0.1) is 11.3 Å². The number of hydrogen-bond donors (Lipinski definition) is 0. The number of hydrogen-bond acceptors (Lipinski definition) is 6. The van der Waals surface area contributed by atoms with Crippen molar-refractivity contribution >= 4 is 45.0 Å². The predicted octanol–water partition coefficient (Wildman–Crippen LogP) is 4.59. The maximum absolute atomic E-state index is 12.6. The molecule has 1 aromatic heterocycles. The molecule has 1 amide bonds. The van der Waals surface area contributed by atoms with E-state index in [-0.39, 0.29) is 25.0 Å². The lowest BCUT2D eigenvalue weighted by Crippen LogP contribution is -2.41. The molecule has 0 aliphatic carbocycles. The highest BCUT2D eigenvalue weighted by molar-refractivity contribution is 7.18. The van der Waals surface area contributed by atoms with Crippen molar-refractivity contribution in [2.75, 3.05) is 26.3 Å². The van der Waals surface area contributed by atoms with Gasteiger partial charge in [-0.2, -0.15) is 0 Å². The van der Waals surface area contributed by atoms with E-state index in [1.165, 1.54) is 0 Å². The summed E-state index contributed by atoms with van der Waals surface area (Å²) in [5.74, 6) is -0.0376. The van der Waals surface area contributed by atoms with Crippen molar-refractivity contribution in [1.29, 1.82) is 0 Å². The van der Waals surface area contributed by atoms with Gasteiger partial charge in [-0.25, -0.2) is 9.78 Å². The van der Waals surface area contributed by atoms with Crippen LogP contribution in [-0.2, 0) is 14.3 Å². The number of para-hydroxylation sites is 1. The number of carbonyl (C=O) groups excluding carboxylic acids is 2. The van der Waals surface area contributed by atoms with E-state index in [9.17, 15) is 9.59 Å². The zero-order chi connectivity index (χ0) is 21.8. The van der Waals surface area contributed by atoms with Gasteiger partial charge in [-0.3, -0.25) is 4.79 Å². The Bertz CT molecular complexity index is 1070. The first-order chi connectivity index (χ1) is 15.0. The number of aromatic nitrogens is 1. The van der Waals surface area contributed by atoms with Gasteiger partial charge in [-0.1, -0.05) is 23.7 Å². The molecule has 0 saturated carbocycles. The monoisotopic (exact) mass is 458 g/mol. The maximum Gasteiger partial charge on any atom is 0.344 e. The standard InChI is InChI=1S/C23H23ClN2O4S/c1-15-11-17(8-9-18(15)24)29-14-22(28)30-13-21(27)26-10-4-5-16(12-26)23-25-19-6-2-3-7-20(19)31-23/h2-3,6-9,11,16H,4-5,10,12-14H2,1H3. The molecule has 0 N–H and O–H groups in total. The van der Waals surface area contributed by atoms with Gasteiger partial charge in [0.05, 0.1) is 15.2 Å². The molecular weight excluding hydrogens is 436 g/mol. The highest BCUT2D eigenvalue weighted by Gasteiger charge is 2.27. The number of piperidine rings is 1. The van der Waals surface area contributed by atoms with Crippen LogP contribution in [0.15, 0.2) is 42.5 Å². The van der Waals surface area contributed by atoms with E-state index in [0.29, 0.717) is 23.9 Å². The number of thiazole rings is 1. The van der Waals surface area contributed by atoms with Gasteiger partial charge in [0.1, 0.15) is 5.75 Å². The van der Waals surface area contributed by atoms with Crippen LogP contribution >= 0.6 is 22.9 Å². The first-order valence-corrected chi connectivity index (χ1v) is 11.4. The largest absolute Gasteiger partial charge is 0.482 e. The first-order valence-electron chi connectivity index (χ1n) is 10.2. The van der Waals surface area contributed by atoms with E-state index in [2.05, 4.69) is 6.07 Å². The third-order valence-electron chi connectivity index (χ3n) is 5.28. The Hall–Kier alpha value is -2.64. The molecule has 0 spiro atoms. The molecule has 31 heavy (non-hydrogen) atoms. The van der Waals surface area contributed by atoms with Crippen LogP contribution < -0.4 is 4.74 Å². The van der Waals surface area contributed by atoms with Crippen LogP contribution in [0.5, 0.6) is 5.75 Å². The average molecular weight is 459 g/mol. The Morgan fingerprint density at radius 1 is 1.23 bits per heavy atom. The molecule has 2 heterocycles. The van der Waals surface area contributed by atoms with Crippen LogP contribution in [-0.4, -0.2) is 48.1 Å². The molecule has 1 aliphatic heterocycles. The Morgan fingerprint density at radius 3 is 2.87 bits per heavy atom. The van der Waals surface area contributed by atoms with E-state index in [1.807, 2.05) is 25.1 Å². The molecule has 3 aromatic rings. The summed E-state index contributed by atoms with van der Waals surface area (Å²) in [6.45, 7) is 2.57. The Kier molecular flexibility index (Phi) is 6.73. The molecule has 8 heteroatoms. The molecule has 1 fully saturated rings. The van der Waals surface area contributed by atoms with Crippen LogP contribution in [0.25, 0.3) is 10.2 Å². The molecule has 1 aliphatic rings. The molecule has 1 saturated heterocycles. The summed E-state index contributed by atoms with van der Waals surface area (Å²) < 4.78 is 11.7. The topological polar surface area (TPSA) is 68.7 Å². The molecular formula is C23H23ClN2O4S. The van der Waals surface area contributed by atoms with Crippen LogP contribution in [0.4, 0.5) is 0 Å². The number of rotatable bonds is 6. The van der Waals surface area contributed by atoms with Crippen molar-refractivity contribution in [3.05, 3.63) is 58.1 Å². The lowest BCUT2D eigenvalue weighted by Gasteiger charge is -2.31. The average Bonchev–Trinajstić information content (AvgIpc) is 3.23. The number of nitrogens with zero attached hydrogens (tertiary/aromatic N) is 2. The van der Waals surface area contributed by atoms with Crippen LogP contribution in [0.2, 0.25) is 5.02 Å². The maximum atomic E-state index is 12.6. The predicted molar refractivity (Wildman–Crippen MR) is 121 cm³/mol. The summed E-state index contributed by atoms with van der Waals surface area (Å²) in [6, 6.07) is 13.2. The minimum absolute atomic E-state index is 0.193. The van der Waals surface area contributed by atoms with Crippen molar-refractivity contribution in [1.82, 2.24) is 9.88 Å². The fourth-order valence-electron chi connectivity index (χ4n) is 3.59. The van der Waals surface area contributed by atoms with Crippen LogP contribution in [0, 0.1) is 6.92 Å². The molecule has 1 unspecified atom stereocenters. The summed E-state index contributed by atoms with van der Waals surface area (Å²) in [6.07, 6.45) is 1.90. The van der Waals surface area contributed by atoms with Gasteiger partial charge >= 0.3 is 5.97 Å². The Labute approximate surface area is 189 Å². The fourth-order valence-corrected chi connectivity index (χ4v) is 4.81. The number of amides is 1. The van der Waals surface area contributed by atoms with Gasteiger partial charge < -0.3 is 14.4 Å². The van der Waals surface area contributed by atoms with Gasteiger partial charge in [0.2, 0.25) is 0 Å². The molecule has 162 valence electrons. The van der Waals surface area contributed by atoms with Gasteiger partial charge in [0.25, 0.3) is 5.91 Å². The molecule has 2 aromatic carbocycles. The summed E-state index contributed by atoms with van der Waals surface area (Å²) in [4.78, 5) is 31.1. The summed E-state index contributed by atoms with van der Waals surface area (Å²) in [5.41, 5.74) is 1.85. The van der Waals surface area contributed by atoms with E-state index in [1.54, 1.807) is 34.4 Å². The first kappa shape index (κ1) is 21.6. The lowest BCUT2D eigenvalue weighted by atomic mass is 9.99. The number of ether oxygens (including phenoxy) is 2. The van der Waals surface area contributed by atoms with Crippen LogP contribution in [0.3, 0.4) is 0 Å². The summed E-state index contributed by atoms with van der Waals surface area (Å²) in [7, 11) is 0. The van der Waals surface area contributed by atoms with Crippen molar-refractivity contribution in [3.8, 4) is 5.75 Å². The second kappa shape index (κ2) is 9.66. The lowest BCUT2D eigenvalue weighted by molar-refractivity contribution is -0.154. The van der Waals surface area contributed by atoms with Gasteiger partial charge in [-0.05, 0) is 55.7 Å². The highest BCUT2D eigenvalue weighted by Crippen LogP contribution is 2.33. The smallest absolute Gasteiger partial charge is 0.344 e. The number of halogens is 1. The Balaban J connectivity index is 1.26. The number of fused-ring (bicyclic) bond motifs is 1. The number of benzene rings is 2. The van der Waals surface area contributed by atoms with E-state index >= 15 is 0 Å². The number of carbonyl (C=O) groups is 2. The van der Waals surface area contributed by atoms with Gasteiger partial charge in [0, 0.05) is 24.0 Å². The molecule has 1 atom stereocenters. The highest BCUT2D eigenvalue weighted by atomic mass is 35.5. The zero-order valence-corrected chi connectivity index (χ0v) is 18.7. The van der Waals surface area contributed by atoms with Crippen molar-refractivity contribution in [2.45, 2.75) is 25.7 Å². The quantitative estimate of drug-likeness (QED) is 0.505. The second-order valence-corrected chi connectivity index (χ2v) is 9.03. The minimum atomic E-state index is -0.583. The third-order valence-corrected chi connectivity index (χ3v) is 6.90. The van der Waals surface area contributed by atoms with Gasteiger partial charge in [0.15, 0.2) is 13.2 Å². The van der Waals surface area contributed by atoms with E-state index in [4.69, 9.17) is 26.1 Å². The zero-order valence-electron chi connectivity index (χ0n) is 17.2. The Morgan fingerprint density at radius 2 is 2.06 bits per heavy atom. The number of likely N-dealkylation sites (tertiary alicyclic amines) is 1. The summed E-state index contributed by atoms with van der Waals surface area (Å²) in [5, 5.41) is 1.69. The number of aryl methyl sites for hydroxylation is 1. The van der Waals surface area contributed by atoms with Crippen LogP contribution in [0.1, 0.15) is 29.3 Å². The van der Waals surface area contributed by atoms with Crippen molar-refractivity contribution < 1.29 is 19.1 Å². The number of esters is 1. The molecule has 4 rings (SSSR count). The van der Waals surface area contributed by atoms with E-state index < -0.39 is 5.97 Å². The van der Waals surface area contributed by atoms with Crippen molar-refractivity contribution in [2.24, 2.45) is 0 Å². The van der Waals surface area contributed by atoms with E-state index in [0.717, 1.165) is 33.6 Å². The molecule has 6 nitrogen and oxygen atoms in total.